The predicted octanol–water partition coefficient (Wildman–Crippen LogP) is 2.21. The Labute approximate surface area is 120 Å². The molecule has 104 valence electrons. The summed E-state index contributed by atoms with van der Waals surface area (Å²) in [7, 11) is 1.35. The Bertz CT molecular complexity index is 507. The van der Waals surface area contributed by atoms with Crippen molar-refractivity contribution in [1.29, 1.82) is 0 Å². The number of carbonyl (C=O) groups excluding carboxylic acids is 1. The van der Waals surface area contributed by atoms with Crippen molar-refractivity contribution >= 4 is 35.1 Å². The summed E-state index contributed by atoms with van der Waals surface area (Å²) >= 11 is 11.7. The Morgan fingerprint density at radius 3 is 2.58 bits per heavy atom. The zero-order valence-corrected chi connectivity index (χ0v) is 11.9. The number of benzene rings is 1. The molecule has 1 rings (SSSR count). The van der Waals surface area contributed by atoms with Crippen LogP contribution in [0.1, 0.15) is 17.3 Å². The van der Waals surface area contributed by atoms with E-state index in [1.54, 1.807) is 0 Å². The molecule has 1 unspecified atom stereocenters. The first-order valence-corrected chi connectivity index (χ1v) is 6.05. The molecule has 0 fully saturated rings. The fraction of sp³-hybridized carbons (Fsp3) is 0.333. The number of rotatable bonds is 5. The van der Waals surface area contributed by atoms with Gasteiger partial charge in [0.2, 0.25) is 0 Å². The molecule has 1 aromatic rings. The largest absolute Gasteiger partial charge is 0.479 e. The number of carboxylic acid groups (broad SMARTS) is 1. The number of hydrogen-bond acceptors (Lipinski definition) is 3. The van der Waals surface area contributed by atoms with Gasteiger partial charge in [-0.3, -0.25) is 4.79 Å². The van der Waals surface area contributed by atoms with Crippen LogP contribution in [0, 0.1) is 0 Å². The van der Waals surface area contributed by atoms with Gasteiger partial charge in [0.05, 0.1) is 17.2 Å². The molecule has 0 aliphatic carbocycles. The molecule has 0 aliphatic heterocycles. The van der Waals surface area contributed by atoms with E-state index in [0.717, 1.165) is 0 Å². The minimum atomic E-state index is -1.54. The molecule has 1 amide bonds. The summed E-state index contributed by atoms with van der Waals surface area (Å²) in [5, 5.41) is 12.0. The molecule has 0 aromatic heterocycles. The Hall–Kier alpha value is -1.30. The quantitative estimate of drug-likeness (QED) is 0.874. The van der Waals surface area contributed by atoms with Crippen LogP contribution in [0.15, 0.2) is 18.2 Å². The van der Waals surface area contributed by atoms with Gasteiger partial charge in [-0.1, -0.05) is 23.2 Å². The predicted molar refractivity (Wildman–Crippen MR) is 71.8 cm³/mol. The summed E-state index contributed by atoms with van der Waals surface area (Å²) in [4.78, 5) is 23.2. The van der Waals surface area contributed by atoms with E-state index in [-0.39, 0.29) is 17.2 Å². The fourth-order valence-electron chi connectivity index (χ4n) is 1.43. The summed E-state index contributed by atoms with van der Waals surface area (Å²) < 4.78 is 4.80. The molecule has 0 aliphatic rings. The molecule has 5 nitrogen and oxygen atoms in total. The minimum Gasteiger partial charge on any atom is -0.479 e. The van der Waals surface area contributed by atoms with Gasteiger partial charge in [-0.15, -0.1) is 0 Å². The summed E-state index contributed by atoms with van der Waals surface area (Å²) in [5.41, 5.74) is -1.44. The number of nitrogens with one attached hydrogen (secondary N) is 1. The first kappa shape index (κ1) is 15.8. The minimum absolute atomic E-state index is 0.109. The van der Waals surface area contributed by atoms with Crippen molar-refractivity contribution in [1.82, 2.24) is 5.32 Å². The lowest BCUT2D eigenvalue weighted by Crippen LogP contribution is -2.55. The Morgan fingerprint density at radius 1 is 1.42 bits per heavy atom. The fourth-order valence-corrected chi connectivity index (χ4v) is 1.80. The second kappa shape index (κ2) is 6.23. The van der Waals surface area contributed by atoms with Gasteiger partial charge >= 0.3 is 5.97 Å². The maximum Gasteiger partial charge on any atom is 0.331 e. The van der Waals surface area contributed by atoms with E-state index in [1.165, 1.54) is 32.2 Å². The van der Waals surface area contributed by atoms with Crippen LogP contribution in [-0.2, 0) is 9.53 Å². The second-order valence-corrected chi connectivity index (χ2v) is 4.99. The molecule has 0 radical (unpaired) electrons. The van der Waals surface area contributed by atoms with Gasteiger partial charge in [-0.05, 0) is 25.1 Å². The van der Waals surface area contributed by atoms with Crippen molar-refractivity contribution in [3.05, 3.63) is 33.8 Å². The maximum absolute atomic E-state index is 12.0. The lowest BCUT2D eigenvalue weighted by Gasteiger charge is -2.25. The second-order valence-electron chi connectivity index (χ2n) is 4.15. The normalized spacial score (nSPS) is 13.7. The monoisotopic (exact) mass is 305 g/mol. The number of hydrogen-bond donors (Lipinski definition) is 2. The van der Waals surface area contributed by atoms with Gasteiger partial charge in [-0.25, -0.2) is 4.79 Å². The van der Waals surface area contributed by atoms with Crippen molar-refractivity contribution in [2.24, 2.45) is 0 Å². The molecule has 19 heavy (non-hydrogen) atoms. The zero-order chi connectivity index (χ0) is 14.6. The highest BCUT2D eigenvalue weighted by atomic mass is 35.5. The number of amides is 1. The molecular weight excluding hydrogens is 293 g/mol. The van der Waals surface area contributed by atoms with Crippen LogP contribution in [-0.4, -0.2) is 36.2 Å². The van der Waals surface area contributed by atoms with Crippen molar-refractivity contribution in [3.63, 3.8) is 0 Å². The number of carboxylic acids is 1. The SMILES string of the molecule is COCC(C)(NC(=O)c1cc(Cl)ccc1Cl)C(=O)O. The van der Waals surface area contributed by atoms with Crippen LogP contribution < -0.4 is 5.32 Å². The van der Waals surface area contributed by atoms with E-state index < -0.39 is 17.4 Å². The van der Waals surface area contributed by atoms with E-state index in [1.807, 2.05) is 0 Å². The molecule has 0 saturated heterocycles. The lowest BCUT2D eigenvalue weighted by atomic mass is 10.0. The van der Waals surface area contributed by atoms with Gasteiger partial charge in [0.25, 0.3) is 5.91 Å². The van der Waals surface area contributed by atoms with Crippen LogP contribution in [0.2, 0.25) is 10.0 Å². The van der Waals surface area contributed by atoms with Crippen LogP contribution >= 0.6 is 23.2 Å². The van der Waals surface area contributed by atoms with E-state index >= 15 is 0 Å². The first-order valence-electron chi connectivity index (χ1n) is 5.30. The molecule has 0 saturated carbocycles. The average Bonchev–Trinajstić information content (AvgIpc) is 2.32. The van der Waals surface area contributed by atoms with E-state index in [0.29, 0.717) is 5.02 Å². The van der Waals surface area contributed by atoms with E-state index in [2.05, 4.69) is 5.32 Å². The Morgan fingerprint density at radius 2 is 2.05 bits per heavy atom. The Balaban J connectivity index is 3.00. The zero-order valence-electron chi connectivity index (χ0n) is 10.4. The standard InChI is InChI=1S/C12H13Cl2NO4/c1-12(6-19-2,11(17)18)15-10(16)8-5-7(13)3-4-9(8)14/h3-5H,6H2,1-2H3,(H,15,16)(H,17,18). The molecule has 0 spiro atoms. The van der Waals surface area contributed by atoms with Crippen molar-refractivity contribution < 1.29 is 19.4 Å². The van der Waals surface area contributed by atoms with Crippen molar-refractivity contribution in [2.45, 2.75) is 12.5 Å². The van der Waals surface area contributed by atoms with Gasteiger partial charge < -0.3 is 15.2 Å². The molecule has 1 aromatic carbocycles. The molecule has 7 heteroatoms. The Kier molecular flexibility index (Phi) is 5.17. The van der Waals surface area contributed by atoms with Crippen LogP contribution in [0.3, 0.4) is 0 Å². The van der Waals surface area contributed by atoms with Gasteiger partial charge in [0.15, 0.2) is 5.54 Å². The van der Waals surface area contributed by atoms with Crippen LogP contribution in [0.25, 0.3) is 0 Å². The van der Waals surface area contributed by atoms with Crippen LogP contribution in [0.5, 0.6) is 0 Å². The highest BCUT2D eigenvalue weighted by Crippen LogP contribution is 2.21. The lowest BCUT2D eigenvalue weighted by molar-refractivity contribution is -0.145. The third-order valence-electron chi connectivity index (χ3n) is 2.47. The van der Waals surface area contributed by atoms with E-state index in [4.69, 9.17) is 33.0 Å². The summed E-state index contributed by atoms with van der Waals surface area (Å²) in [6.07, 6.45) is 0. The first-order chi connectivity index (χ1) is 8.80. The molecule has 1 atom stereocenters. The highest BCUT2D eigenvalue weighted by Gasteiger charge is 2.35. The van der Waals surface area contributed by atoms with Crippen LogP contribution in [0.4, 0.5) is 0 Å². The van der Waals surface area contributed by atoms with E-state index in [9.17, 15) is 9.59 Å². The highest BCUT2D eigenvalue weighted by molar-refractivity contribution is 6.35. The van der Waals surface area contributed by atoms with Gasteiger partial charge in [0.1, 0.15) is 0 Å². The van der Waals surface area contributed by atoms with Gasteiger partial charge in [0, 0.05) is 12.1 Å². The maximum atomic E-state index is 12.0. The number of carbonyl (C=O) groups is 2. The molecular formula is C12H13Cl2NO4. The molecule has 0 heterocycles. The number of methoxy groups -OCH3 is 1. The topological polar surface area (TPSA) is 75.6 Å². The van der Waals surface area contributed by atoms with Crippen molar-refractivity contribution in [2.75, 3.05) is 13.7 Å². The summed E-state index contributed by atoms with van der Waals surface area (Å²) in [6.45, 7) is 1.17. The number of ether oxygens (including phenoxy) is 1. The number of halogens is 2. The summed E-state index contributed by atoms with van der Waals surface area (Å²) in [5.74, 6) is -1.84. The third kappa shape index (κ3) is 3.83. The smallest absolute Gasteiger partial charge is 0.331 e. The molecule has 0 bridgehead atoms. The van der Waals surface area contributed by atoms with Gasteiger partial charge in [-0.2, -0.15) is 0 Å². The average molecular weight is 306 g/mol. The van der Waals surface area contributed by atoms with Crippen molar-refractivity contribution in [3.8, 4) is 0 Å². The number of aliphatic carboxylic acids is 1. The summed E-state index contributed by atoms with van der Waals surface area (Å²) in [6, 6.07) is 4.37. The molecule has 2 N–H and O–H groups in total. The third-order valence-corrected chi connectivity index (χ3v) is 3.03.